The summed E-state index contributed by atoms with van der Waals surface area (Å²) in [5.41, 5.74) is 1.13. The summed E-state index contributed by atoms with van der Waals surface area (Å²) in [5.74, 6) is 1.78. The molecule has 0 aromatic heterocycles. The molecule has 3 N–H and O–H groups in total. The van der Waals surface area contributed by atoms with E-state index in [4.69, 9.17) is 4.74 Å². The zero-order chi connectivity index (χ0) is 20.5. The van der Waals surface area contributed by atoms with Crippen LogP contribution in [0.5, 0.6) is 5.75 Å². The van der Waals surface area contributed by atoms with Crippen molar-refractivity contribution in [3.8, 4) is 5.75 Å². The van der Waals surface area contributed by atoms with E-state index in [2.05, 4.69) is 31.9 Å². The molecule has 1 aromatic carbocycles. The van der Waals surface area contributed by atoms with E-state index in [1.807, 2.05) is 18.2 Å². The molecule has 1 saturated heterocycles. The molecule has 168 valence electrons. The molecule has 0 spiro atoms. The van der Waals surface area contributed by atoms with Gasteiger partial charge in [0, 0.05) is 45.2 Å². The molecule has 1 saturated carbocycles. The van der Waals surface area contributed by atoms with Crippen molar-refractivity contribution in [3.05, 3.63) is 24.3 Å². The normalized spacial score (nSPS) is 19.7. The summed E-state index contributed by atoms with van der Waals surface area (Å²) >= 11 is 0. The van der Waals surface area contributed by atoms with Gasteiger partial charge in [0.25, 0.3) is 0 Å². The van der Waals surface area contributed by atoms with E-state index in [9.17, 15) is 4.79 Å². The molecule has 8 heteroatoms. The van der Waals surface area contributed by atoms with Crippen molar-refractivity contribution in [2.75, 3.05) is 38.7 Å². The van der Waals surface area contributed by atoms with Gasteiger partial charge in [-0.25, -0.2) is 0 Å². The number of nitrogens with one attached hydrogen (secondary N) is 3. The average Bonchev–Trinajstić information content (AvgIpc) is 3.22. The molecule has 1 unspecified atom stereocenters. The smallest absolute Gasteiger partial charge is 0.221 e. The second-order valence-electron chi connectivity index (χ2n) is 7.90. The molecule has 3 rings (SSSR count). The number of carbonyl (C=O) groups excluding carboxylic acids is 1. The first-order valence-corrected chi connectivity index (χ1v) is 10.8. The molecule has 7 nitrogen and oxygen atoms in total. The van der Waals surface area contributed by atoms with Gasteiger partial charge < -0.3 is 25.6 Å². The van der Waals surface area contributed by atoms with Gasteiger partial charge in [-0.2, -0.15) is 0 Å². The minimum Gasteiger partial charge on any atom is -0.495 e. The SMILES string of the molecule is CN=C(NCCC(=O)NC1CCCCC1)NC1CCN(c2ccccc2OC)C1.I. The minimum atomic E-state index is 0. The lowest BCUT2D eigenvalue weighted by Crippen LogP contribution is -2.46. The van der Waals surface area contributed by atoms with Crippen LogP contribution in [0.2, 0.25) is 0 Å². The largest absolute Gasteiger partial charge is 0.495 e. The highest BCUT2D eigenvalue weighted by Gasteiger charge is 2.25. The predicted octanol–water partition coefficient (Wildman–Crippen LogP) is 2.90. The topological polar surface area (TPSA) is 78.0 Å². The highest BCUT2D eigenvalue weighted by Crippen LogP contribution is 2.30. The van der Waals surface area contributed by atoms with Crippen molar-refractivity contribution in [2.45, 2.75) is 57.0 Å². The van der Waals surface area contributed by atoms with E-state index >= 15 is 0 Å². The maximum absolute atomic E-state index is 12.2. The van der Waals surface area contributed by atoms with Crippen molar-refractivity contribution in [1.29, 1.82) is 0 Å². The summed E-state index contributed by atoms with van der Waals surface area (Å²) in [4.78, 5) is 18.8. The van der Waals surface area contributed by atoms with Crippen LogP contribution in [0.15, 0.2) is 29.3 Å². The number of nitrogens with zero attached hydrogens (tertiary/aromatic N) is 2. The van der Waals surface area contributed by atoms with E-state index in [-0.39, 0.29) is 29.9 Å². The highest BCUT2D eigenvalue weighted by atomic mass is 127. The summed E-state index contributed by atoms with van der Waals surface area (Å²) in [5, 5.41) is 9.92. The summed E-state index contributed by atoms with van der Waals surface area (Å²) in [6, 6.07) is 8.80. The number of anilines is 1. The standard InChI is InChI=1S/C22H35N5O2.HI/c1-23-22(24-14-12-21(28)25-17-8-4-3-5-9-17)26-18-13-15-27(16-18)19-10-6-7-11-20(19)29-2;/h6-7,10-11,17-18H,3-5,8-9,12-16H2,1-2H3,(H,25,28)(H2,23,24,26);1H. The Morgan fingerprint density at radius 2 is 1.90 bits per heavy atom. The van der Waals surface area contributed by atoms with E-state index in [1.165, 1.54) is 19.3 Å². The third-order valence-electron chi connectivity index (χ3n) is 5.79. The number of guanidine groups is 1. The Balaban J connectivity index is 0.00000320. The maximum Gasteiger partial charge on any atom is 0.221 e. The number of hydrogen-bond acceptors (Lipinski definition) is 4. The van der Waals surface area contributed by atoms with Crippen LogP contribution in [-0.4, -0.2) is 57.7 Å². The fraction of sp³-hybridized carbons (Fsp3) is 0.636. The highest BCUT2D eigenvalue weighted by molar-refractivity contribution is 14.0. The van der Waals surface area contributed by atoms with Gasteiger partial charge >= 0.3 is 0 Å². The number of rotatable bonds is 7. The van der Waals surface area contributed by atoms with E-state index in [1.54, 1.807) is 14.2 Å². The van der Waals surface area contributed by atoms with Crippen molar-refractivity contribution >= 4 is 41.5 Å². The number of halogens is 1. The Labute approximate surface area is 197 Å². The van der Waals surface area contributed by atoms with Crippen molar-refractivity contribution in [2.24, 2.45) is 4.99 Å². The Morgan fingerprint density at radius 3 is 2.63 bits per heavy atom. The zero-order valence-corrected chi connectivity index (χ0v) is 20.5. The van der Waals surface area contributed by atoms with Gasteiger partial charge in [-0.3, -0.25) is 9.79 Å². The van der Waals surface area contributed by atoms with Gasteiger partial charge in [-0.05, 0) is 31.4 Å². The van der Waals surface area contributed by atoms with Gasteiger partial charge in [-0.1, -0.05) is 31.4 Å². The first-order chi connectivity index (χ1) is 14.2. The molecule has 1 aliphatic carbocycles. The van der Waals surface area contributed by atoms with Gasteiger partial charge in [0.1, 0.15) is 5.75 Å². The van der Waals surface area contributed by atoms with Crippen LogP contribution < -0.4 is 25.6 Å². The molecule has 1 aromatic rings. The molecule has 1 atom stereocenters. The third kappa shape index (κ3) is 7.21. The minimum absolute atomic E-state index is 0. The molecule has 2 fully saturated rings. The number of amides is 1. The number of para-hydroxylation sites is 2. The Morgan fingerprint density at radius 1 is 1.13 bits per heavy atom. The van der Waals surface area contributed by atoms with E-state index < -0.39 is 0 Å². The van der Waals surface area contributed by atoms with Crippen molar-refractivity contribution in [3.63, 3.8) is 0 Å². The predicted molar refractivity (Wildman–Crippen MR) is 133 cm³/mol. The van der Waals surface area contributed by atoms with Gasteiger partial charge in [0.05, 0.1) is 12.8 Å². The Hall–Kier alpha value is -1.71. The first kappa shape index (κ1) is 24.6. The van der Waals surface area contributed by atoms with Crippen LogP contribution in [0, 0.1) is 0 Å². The fourth-order valence-corrected chi connectivity index (χ4v) is 4.22. The number of benzene rings is 1. The summed E-state index contributed by atoms with van der Waals surface area (Å²) in [7, 11) is 3.48. The molecule has 1 amide bonds. The van der Waals surface area contributed by atoms with Crippen LogP contribution in [-0.2, 0) is 4.79 Å². The lowest BCUT2D eigenvalue weighted by atomic mass is 9.95. The molecule has 1 heterocycles. The number of carbonyl (C=O) groups is 1. The lowest BCUT2D eigenvalue weighted by molar-refractivity contribution is -0.121. The summed E-state index contributed by atoms with van der Waals surface area (Å²) < 4.78 is 5.49. The molecule has 2 aliphatic rings. The number of ether oxygens (including phenoxy) is 1. The molecule has 0 bridgehead atoms. The van der Waals surface area contributed by atoms with Crippen LogP contribution in [0.25, 0.3) is 0 Å². The van der Waals surface area contributed by atoms with Crippen molar-refractivity contribution < 1.29 is 9.53 Å². The Kier molecular flexibility index (Phi) is 10.5. The zero-order valence-electron chi connectivity index (χ0n) is 18.2. The van der Waals surface area contributed by atoms with Crippen LogP contribution in [0.3, 0.4) is 0 Å². The molecular formula is C22H36IN5O2. The lowest BCUT2D eigenvalue weighted by Gasteiger charge is -2.23. The van der Waals surface area contributed by atoms with Gasteiger partial charge in [0.2, 0.25) is 5.91 Å². The molecule has 1 aliphatic heterocycles. The fourth-order valence-electron chi connectivity index (χ4n) is 4.22. The summed E-state index contributed by atoms with van der Waals surface area (Å²) in [6.45, 7) is 2.45. The number of aliphatic imine (C=N–C) groups is 1. The van der Waals surface area contributed by atoms with E-state index in [0.717, 1.165) is 49.7 Å². The van der Waals surface area contributed by atoms with Crippen molar-refractivity contribution in [1.82, 2.24) is 16.0 Å². The molecule has 0 radical (unpaired) electrons. The first-order valence-electron chi connectivity index (χ1n) is 10.8. The maximum atomic E-state index is 12.2. The Bertz CT molecular complexity index is 694. The molecule has 30 heavy (non-hydrogen) atoms. The second-order valence-corrected chi connectivity index (χ2v) is 7.90. The van der Waals surface area contributed by atoms with Crippen LogP contribution in [0.4, 0.5) is 5.69 Å². The quantitative estimate of drug-likeness (QED) is 0.288. The van der Waals surface area contributed by atoms with Gasteiger partial charge in [0.15, 0.2) is 5.96 Å². The number of hydrogen-bond donors (Lipinski definition) is 3. The number of methoxy groups -OCH3 is 1. The van der Waals surface area contributed by atoms with E-state index in [0.29, 0.717) is 25.0 Å². The molecular weight excluding hydrogens is 493 g/mol. The third-order valence-corrected chi connectivity index (χ3v) is 5.79. The van der Waals surface area contributed by atoms with Crippen LogP contribution >= 0.6 is 24.0 Å². The van der Waals surface area contributed by atoms with Crippen LogP contribution in [0.1, 0.15) is 44.9 Å². The second kappa shape index (κ2) is 12.9. The van der Waals surface area contributed by atoms with Gasteiger partial charge in [-0.15, -0.1) is 24.0 Å². The summed E-state index contributed by atoms with van der Waals surface area (Å²) in [6.07, 6.45) is 7.49. The average molecular weight is 529 g/mol. The monoisotopic (exact) mass is 529 g/mol.